The second-order valence-corrected chi connectivity index (χ2v) is 5.29. The third-order valence-corrected chi connectivity index (χ3v) is 3.65. The largest absolute Gasteiger partial charge is 0.351 e. The van der Waals surface area contributed by atoms with Crippen molar-refractivity contribution < 1.29 is 9.47 Å². The van der Waals surface area contributed by atoms with E-state index in [1.807, 2.05) is 24.3 Å². The number of hydrogen-bond acceptors (Lipinski definition) is 2. The lowest BCUT2D eigenvalue weighted by molar-refractivity contribution is -0.0966. The van der Waals surface area contributed by atoms with Crippen LogP contribution in [0.5, 0.6) is 0 Å². The third kappa shape index (κ3) is 3.57. The fourth-order valence-electron chi connectivity index (χ4n) is 1.59. The van der Waals surface area contributed by atoms with Crippen molar-refractivity contribution in [2.24, 2.45) is 0 Å². The van der Waals surface area contributed by atoms with Crippen molar-refractivity contribution >= 4 is 28.7 Å². The smallest absolute Gasteiger partial charge is 0.169 e. The van der Waals surface area contributed by atoms with E-state index in [0.29, 0.717) is 10.5 Å². The maximum absolute atomic E-state index is 5.62. The van der Waals surface area contributed by atoms with E-state index in [4.69, 9.17) is 9.47 Å². The van der Waals surface area contributed by atoms with Crippen molar-refractivity contribution in [3.05, 3.63) is 42.0 Å². The first-order valence-corrected chi connectivity index (χ1v) is 6.70. The van der Waals surface area contributed by atoms with Gasteiger partial charge < -0.3 is 9.47 Å². The van der Waals surface area contributed by atoms with Crippen LogP contribution in [0, 0.1) is 0 Å². The first-order chi connectivity index (χ1) is 7.86. The highest BCUT2D eigenvalue weighted by Gasteiger charge is 2.25. The Hall–Kier alpha value is -0.390. The van der Waals surface area contributed by atoms with E-state index >= 15 is 0 Å². The summed E-state index contributed by atoms with van der Waals surface area (Å²) in [6, 6.07) is 10.2. The lowest BCUT2D eigenvalue weighted by atomic mass is 10.2. The number of hydrogen-bond donors (Lipinski definition) is 0. The van der Waals surface area contributed by atoms with Crippen molar-refractivity contribution in [3.63, 3.8) is 0 Å². The molecule has 1 aromatic rings. The third-order valence-electron chi connectivity index (χ3n) is 2.44. The number of alkyl halides is 1. The quantitative estimate of drug-likeness (QED) is 0.623. The molecule has 2 atom stereocenters. The van der Waals surface area contributed by atoms with Crippen LogP contribution in [-0.2, 0) is 9.47 Å². The van der Waals surface area contributed by atoms with Crippen LogP contribution >= 0.6 is 22.6 Å². The summed E-state index contributed by atoms with van der Waals surface area (Å²) in [5.74, 6) is 0. The molecule has 1 fully saturated rings. The van der Waals surface area contributed by atoms with Crippen LogP contribution in [-0.4, -0.2) is 23.4 Å². The predicted octanol–water partition coefficient (Wildman–Crippen LogP) is 3.27. The summed E-state index contributed by atoms with van der Waals surface area (Å²) < 4.78 is 11.6. The molecule has 2 rings (SSSR count). The summed E-state index contributed by atoms with van der Waals surface area (Å²) >= 11 is 2.38. The fourth-order valence-corrected chi connectivity index (χ4v) is 2.26. The Balaban J connectivity index is 1.73. The topological polar surface area (TPSA) is 18.5 Å². The molecule has 0 radical (unpaired) electrons. The first-order valence-electron chi connectivity index (χ1n) is 5.45. The minimum Gasteiger partial charge on any atom is -0.351 e. The van der Waals surface area contributed by atoms with Crippen LogP contribution in [0.2, 0.25) is 0 Å². The first kappa shape index (κ1) is 12.1. The molecule has 1 aliphatic heterocycles. The maximum atomic E-state index is 5.62. The monoisotopic (exact) mass is 330 g/mol. The molecule has 1 aromatic carbocycles. The molecule has 0 N–H and O–H groups in total. The molecule has 0 unspecified atom stereocenters. The van der Waals surface area contributed by atoms with E-state index in [0.717, 1.165) is 13.0 Å². The van der Waals surface area contributed by atoms with Crippen LogP contribution in [0.3, 0.4) is 0 Å². The van der Waals surface area contributed by atoms with Gasteiger partial charge in [0.1, 0.15) is 0 Å². The zero-order chi connectivity index (χ0) is 11.2. The molecule has 16 heavy (non-hydrogen) atoms. The Labute approximate surface area is 110 Å². The Morgan fingerprint density at radius 1 is 1.38 bits per heavy atom. The Kier molecular flexibility index (Phi) is 4.81. The second kappa shape index (κ2) is 6.37. The van der Waals surface area contributed by atoms with E-state index in [2.05, 4.69) is 40.8 Å². The Morgan fingerprint density at radius 3 is 2.88 bits per heavy atom. The molecule has 86 valence electrons. The molecule has 1 heterocycles. The van der Waals surface area contributed by atoms with Crippen molar-refractivity contribution in [3.8, 4) is 0 Å². The maximum Gasteiger partial charge on any atom is 0.169 e. The van der Waals surface area contributed by atoms with Gasteiger partial charge in [-0.3, -0.25) is 0 Å². The summed E-state index contributed by atoms with van der Waals surface area (Å²) in [5, 5.41) is 0. The van der Waals surface area contributed by atoms with Crippen LogP contribution in [0.15, 0.2) is 36.4 Å². The molecule has 1 aliphatic rings. The van der Waals surface area contributed by atoms with Crippen molar-refractivity contribution in [1.29, 1.82) is 0 Å². The molecule has 1 saturated heterocycles. The lowest BCUT2D eigenvalue weighted by Gasteiger charge is -2.12. The second-order valence-electron chi connectivity index (χ2n) is 3.69. The van der Waals surface area contributed by atoms with Gasteiger partial charge in [-0.05, 0) is 12.0 Å². The molecule has 0 saturated carbocycles. The van der Waals surface area contributed by atoms with E-state index in [-0.39, 0.29) is 6.29 Å². The molecule has 0 aliphatic carbocycles. The number of ether oxygens (including phenoxy) is 2. The standard InChI is InChI=1S/C13H15IO2/c14-12-8-10-16-13(12)15-9-4-7-11-5-2-1-3-6-11/h1-7,12-13H,8-10H2/b7-4+/t12-,13-/m0/s1. The molecular formula is C13H15IO2. The molecule has 0 aromatic heterocycles. The van der Waals surface area contributed by atoms with Gasteiger partial charge in [0.25, 0.3) is 0 Å². The number of benzene rings is 1. The van der Waals surface area contributed by atoms with Crippen LogP contribution in [0.4, 0.5) is 0 Å². The van der Waals surface area contributed by atoms with Crippen molar-refractivity contribution in [2.75, 3.05) is 13.2 Å². The summed E-state index contributed by atoms with van der Waals surface area (Å²) in [5.41, 5.74) is 1.20. The van der Waals surface area contributed by atoms with Gasteiger partial charge >= 0.3 is 0 Å². The van der Waals surface area contributed by atoms with Crippen LogP contribution in [0.25, 0.3) is 6.08 Å². The highest BCUT2D eigenvalue weighted by molar-refractivity contribution is 14.1. The van der Waals surface area contributed by atoms with Gasteiger partial charge in [-0.15, -0.1) is 0 Å². The Morgan fingerprint density at radius 2 is 2.19 bits per heavy atom. The molecule has 3 heteroatoms. The molecule has 0 amide bonds. The van der Waals surface area contributed by atoms with Gasteiger partial charge in [0, 0.05) is 0 Å². The highest BCUT2D eigenvalue weighted by atomic mass is 127. The fraction of sp³-hybridized carbons (Fsp3) is 0.385. The molecule has 0 bridgehead atoms. The zero-order valence-corrected chi connectivity index (χ0v) is 11.2. The number of rotatable bonds is 4. The lowest BCUT2D eigenvalue weighted by Crippen LogP contribution is -2.19. The van der Waals surface area contributed by atoms with E-state index in [1.165, 1.54) is 5.56 Å². The summed E-state index contributed by atoms with van der Waals surface area (Å²) in [6.45, 7) is 1.43. The molecule has 0 spiro atoms. The van der Waals surface area contributed by atoms with Gasteiger partial charge in [-0.2, -0.15) is 0 Å². The summed E-state index contributed by atoms with van der Waals surface area (Å²) in [4.78, 5) is 0. The normalized spacial score (nSPS) is 25.3. The van der Waals surface area contributed by atoms with Gasteiger partial charge in [0.15, 0.2) is 6.29 Å². The Bertz CT molecular complexity index is 337. The summed E-state index contributed by atoms with van der Waals surface area (Å²) in [6.07, 6.45) is 5.16. The van der Waals surface area contributed by atoms with Crippen molar-refractivity contribution in [1.82, 2.24) is 0 Å². The minimum absolute atomic E-state index is 0.0268. The highest BCUT2D eigenvalue weighted by Crippen LogP contribution is 2.22. The van der Waals surface area contributed by atoms with E-state index < -0.39 is 0 Å². The predicted molar refractivity (Wildman–Crippen MR) is 73.6 cm³/mol. The van der Waals surface area contributed by atoms with Gasteiger partial charge in [0.2, 0.25) is 0 Å². The minimum atomic E-state index is -0.0268. The van der Waals surface area contributed by atoms with Gasteiger partial charge in [-0.1, -0.05) is 65.1 Å². The van der Waals surface area contributed by atoms with Crippen LogP contribution in [0.1, 0.15) is 12.0 Å². The SMILES string of the molecule is I[C@H]1CCO[C@@H]1OC/C=C/c1ccccc1. The average Bonchev–Trinajstić information content (AvgIpc) is 2.72. The van der Waals surface area contributed by atoms with Gasteiger partial charge in [0.05, 0.1) is 17.1 Å². The zero-order valence-electron chi connectivity index (χ0n) is 9.01. The molecule has 2 nitrogen and oxygen atoms in total. The van der Waals surface area contributed by atoms with E-state index in [1.54, 1.807) is 0 Å². The average molecular weight is 330 g/mol. The summed E-state index contributed by atoms with van der Waals surface area (Å²) in [7, 11) is 0. The van der Waals surface area contributed by atoms with Crippen LogP contribution < -0.4 is 0 Å². The number of halogens is 1. The molecular weight excluding hydrogens is 315 g/mol. The van der Waals surface area contributed by atoms with Gasteiger partial charge in [-0.25, -0.2) is 0 Å². The van der Waals surface area contributed by atoms with Crippen molar-refractivity contribution in [2.45, 2.75) is 16.6 Å². The van der Waals surface area contributed by atoms with E-state index in [9.17, 15) is 0 Å².